The quantitative estimate of drug-likeness (QED) is 0.608. The van der Waals surface area contributed by atoms with E-state index in [4.69, 9.17) is 10.2 Å². The van der Waals surface area contributed by atoms with Crippen LogP contribution in [0.15, 0.2) is 0 Å². The van der Waals surface area contributed by atoms with Gasteiger partial charge in [-0.15, -0.1) is 0 Å². The molecule has 2 N–H and O–H groups in total. The smallest absolute Gasteiger partial charge is 0.307 e. The maximum atomic E-state index is 10.2. The van der Waals surface area contributed by atoms with Crippen LogP contribution >= 0.6 is 0 Å². The van der Waals surface area contributed by atoms with Crippen LogP contribution in [0.4, 0.5) is 0 Å². The van der Waals surface area contributed by atoms with E-state index >= 15 is 0 Å². The Morgan fingerprint density at radius 1 is 1.40 bits per heavy atom. The summed E-state index contributed by atoms with van der Waals surface area (Å²) in [5, 5.41) is 16.6. The third-order valence-corrected chi connectivity index (χ3v) is 1.26. The fourth-order valence-electron chi connectivity index (χ4n) is 0.617. The monoisotopic (exact) mass is 146 g/mol. The van der Waals surface area contributed by atoms with Crippen LogP contribution in [-0.2, 0) is 9.59 Å². The zero-order valence-electron chi connectivity index (χ0n) is 5.70. The molecule has 0 unspecified atom stereocenters. The Hall–Kier alpha value is -1.06. The van der Waals surface area contributed by atoms with Crippen LogP contribution in [0.1, 0.15) is 19.8 Å². The standard InChI is InChI=1S/C6H10O4/c1-2-4(6(9)10)3-5(7)8/h4H,2-3H2,1H3,(H,7,8)(H,9,10)/t4-/m1/s1. The molecule has 4 nitrogen and oxygen atoms in total. The average Bonchev–Trinajstić information content (AvgIpc) is 1.81. The van der Waals surface area contributed by atoms with E-state index in [0.29, 0.717) is 6.42 Å². The Bertz CT molecular complexity index is 141. The first-order valence-corrected chi connectivity index (χ1v) is 3.02. The average molecular weight is 146 g/mol. The molecular weight excluding hydrogens is 136 g/mol. The van der Waals surface area contributed by atoms with Gasteiger partial charge in [0.15, 0.2) is 0 Å². The van der Waals surface area contributed by atoms with Gasteiger partial charge in [0, 0.05) is 0 Å². The second-order valence-electron chi connectivity index (χ2n) is 2.04. The lowest BCUT2D eigenvalue weighted by Gasteiger charge is -2.03. The predicted molar refractivity (Wildman–Crippen MR) is 33.7 cm³/mol. The molecule has 0 radical (unpaired) electrons. The number of carboxylic acids is 2. The molecule has 0 saturated heterocycles. The van der Waals surface area contributed by atoms with E-state index in [1.54, 1.807) is 6.92 Å². The van der Waals surface area contributed by atoms with E-state index in [2.05, 4.69) is 0 Å². The Kier molecular flexibility index (Phi) is 3.46. The summed E-state index contributed by atoms with van der Waals surface area (Å²) in [6.07, 6.45) is 0.0769. The molecule has 0 aromatic rings. The van der Waals surface area contributed by atoms with Gasteiger partial charge in [-0.25, -0.2) is 0 Å². The van der Waals surface area contributed by atoms with Gasteiger partial charge in [0.1, 0.15) is 0 Å². The third-order valence-electron chi connectivity index (χ3n) is 1.26. The number of aliphatic carboxylic acids is 2. The Balaban J connectivity index is 3.83. The van der Waals surface area contributed by atoms with Crippen molar-refractivity contribution in [3.8, 4) is 0 Å². The highest BCUT2D eigenvalue weighted by Crippen LogP contribution is 2.07. The SMILES string of the molecule is CC[C@H](CC(=O)O)C(=O)O. The minimum absolute atomic E-state index is 0.286. The molecule has 58 valence electrons. The second-order valence-corrected chi connectivity index (χ2v) is 2.04. The topological polar surface area (TPSA) is 74.6 Å². The van der Waals surface area contributed by atoms with E-state index in [0.717, 1.165) is 0 Å². The molecule has 0 amide bonds. The van der Waals surface area contributed by atoms with E-state index < -0.39 is 17.9 Å². The van der Waals surface area contributed by atoms with Crippen molar-refractivity contribution in [2.75, 3.05) is 0 Å². The molecule has 0 fully saturated rings. The lowest BCUT2D eigenvalue weighted by atomic mass is 10.0. The van der Waals surface area contributed by atoms with Gasteiger partial charge in [-0.2, -0.15) is 0 Å². The lowest BCUT2D eigenvalue weighted by molar-refractivity contribution is -0.148. The van der Waals surface area contributed by atoms with Gasteiger partial charge in [0.2, 0.25) is 0 Å². The Morgan fingerprint density at radius 3 is 2.00 bits per heavy atom. The zero-order chi connectivity index (χ0) is 8.15. The molecule has 0 saturated carbocycles. The Labute approximate surface area is 58.5 Å². The van der Waals surface area contributed by atoms with Crippen molar-refractivity contribution in [2.24, 2.45) is 5.92 Å². The van der Waals surface area contributed by atoms with Crippen LogP contribution in [-0.4, -0.2) is 22.2 Å². The highest BCUT2D eigenvalue weighted by atomic mass is 16.4. The maximum absolute atomic E-state index is 10.2. The first kappa shape index (κ1) is 8.94. The predicted octanol–water partition coefficient (Wildman–Crippen LogP) is 0.572. The maximum Gasteiger partial charge on any atom is 0.307 e. The van der Waals surface area contributed by atoms with Gasteiger partial charge >= 0.3 is 11.9 Å². The summed E-state index contributed by atoms with van der Waals surface area (Å²) in [4.78, 5) is 20.2. The molecule has 0 aromatic heterocycles. The van der Waals surface area contributed by atoms with Gasteiger partial charge in [0.05, 0.1) is 12.3 Å². The fourth-order valence-corrected chi connectivity index (χ4v) is 0.617. The highest BCUT2D eigenvalue weighted by Gasteiger charge is 2.17. The molecular formula is C6H10O4. The summed E-state index contributed by atoms with van der Waals surface area (Å²) in [7, 11) is 0. The number of hydrogen-bond donors (Lipinski definition) is 2. The molecule has 1 atom stereocenters. The molecule has 0 aliphatic carbocycles. The molecule has 0 aliphatic heterocycles. The van der Waals surface area contributed by atoms with E-state index in [1.165, 1.54) is 0 Å². The van der Waals surface area contributed by atoms with Crippen molar-refractivity contribution in [3.05, 3.63) is 0 Å². The molecule has 0 rings (SSSR count). The summed E-state index contributed by atoms with van der Waals surface area (Å²) >= 11 is 0. The fraction of sp³-hybridized carbons (Fsp3) is 0.667. The third kappa shape index (κ3) is 3.06. The molecule has 0 spiro atoms. The van der Waals surface area contributed by atoms with Gasteiger partial charge in [-0.05, 0) is 6.42 Å². The first-order valence-electron chi connectivity index (χ1n) is 3.02. The number of hydrogen-bond acceptors (Lipinski definition) is 2. The van der Waals surface area contributed by atoms with Gasteiger partial charge in [-0.3, -0.25) is 9.59 Å². The molecule has 4 heteroatoms. The van der Waals surface area contributed by atoms with Gasteiger partial charge in [-0.1, -0.05) is 6.92 Å². The summed E-state index contributed by atoms with van der Waals surface area (Å²) < 4.78 is 0. The van der Waals surface area contributed by atoms with Crippen molar-refractivity contribution in [1.82, 2.24) is 0 Å². The summed E-state index contributed by atoms with van der Waals surface area (Å²) in [6, 6.07) is 0. The van der Waals surface area contributed by atoms with Crippen LogP contribution in [0.2, 0.25) is 0 Å². The molecule has 0 aromatic carbocycles. The van der Waals surface area contributed by atoms with Crippen molar-refractivity contribution in [2.45, 2.75) is 19.8 Å². The highest BCUT2D eigenvalue weighted by molar-refractivity contribution is 5.77. The minimum atomic E-state index is -1.06. The van der Waals surface area contributed by atoms with Crippen LogP contribution in [0.3, 0.4) is 0 Å². The molecule has 10 heavy (non-hydrogen) atoms. The Morgan fingerprint density at radius 2 is 1.90 bits per heavy atom. The lowest BCUT2D eigenvalue weighted by Crippen LogP contribution is -2.16. The number of carboxylic acid groups (broad SMARTS) is 2. The summed E-state index contributed by atoms with van der Waals surface area (Å²) in [5.41, 5.74) is 0. The number of carbonyl (C=O) groups is 2. The summed E-state index contributed by atoms with van der Waals surface area (Å²) in [5.74, 6) is -2.84. The van der Waals surface area contributed by atoms with E-state index in [-0.39, 0.29) is 6.42 Å². The number of rotatable bonds is 4. The summed E-state index contributed by atoms with van der Waals surface area (Å²) in [6.45, 7) is 1.65. The van der Waals surface area contributed by atoms with Crippen molar-refractivity contribution in [3.63, 3.8) is 0 Å². The van der Waals surface area contributed by atoms with Crippen LogP contribution < -0.4 is 0 Å². The first-order chi connectivity index (χ1) is 4.57. The van der Waals surface area contributed by atoms with Crippen LogP contribution in [0.25, 0.3) is 0 Å². The van der Waals surface area contributed by atoms with Crippen molar-refractivity contribution >= 4 is 11.9 Å². The van der Waals surface area contributed by atoms with E-state index in [1.807, 2.05) is 0 Å². The van der Waals surface area contributed by atoms with Crippen molar-refractivity contribution < 1.29 is 19.8 Å². The van der Waals surface area contributed by atoms with Crippen LogP contribution in [0.5, 0.6) is 0 Å². The molecule has 0 aliphatic rings. The van der Waals surface area contributed by atoms with Gasteiger partial charge < -0.3 is 10.2 Å². The van der Waals surface area contributed by atoms with Crippen molar-refractivity contribution in [1.29, 1.82) is 0 Å². The largest absolute Gasteiger partial charge is 0.481 e. The minimum Gasteiger partial charge on any atom is -0.481 e. The van der Waals surface area contributed by atoms with Gasteiger partial charge in [0.25, 0.3) is 0 Å². The second kappa shape index (κ2) is 3.87. The molecule has 0 heterocycles. The van der Waals surface area contributed by atoms with Crippen LogP contribution in [0, 0.1) is 5.92 Å². The van der Waals surface area contributed by atoms with E-state index in [9.17, 15) is 9.59 Å². The molecule has 0 bridgehead atoms. The normalized spacial score (nSPS) is 12.5. The zero-order valence-corrected chi connectivity index (χ0v) is 5.70.